The summed E-state index contributed by atoms with van der Waals surface area (Å²) in [5.74, 6) is 1.76. The lowest BCUT2D eigenvalue weighted by Crippen LogP contribution is -2.66. The van der Waals surface area contributed by atoms with Crippen LogP contribution in [0.2, 0.25) is 0 Å². The van der Waals surface area contributed by atoms with Gasteiger partial charge in [0.1, 0.15) is 29.1 Å². The van der Waals surface area contributed by atoms with Crippen molar-refractivity contribution in [3.63, 3.8) is 0 Å². The summed E-state index contributed by atoms with van der Waals surface area (Å²) in [6.07, 6.45) is 10.8. The Morgan fingerprint density at radius 2 is 1.65 bits per heavy atom. The molecule has 0 aliphatic carbocycles. The first-order valence-electron chi connectivity index (χ1n) is 17.0. The Kier molecular flexibility index (Phi) is 6.97. The van der Waals surface area contributed by atoms with E-state index in [1.54, 1.807) is 30.1 Å². The SMILES string of the molecule is c1ccc(C2(c3ccco3)C(c3ccn[nH]3)C(c3ccon3)=C(c3ncc[nH]3)N(c3ccc[nH]3)C2(c2cccs2)c2cccc3ccccc23)cc1. The Hall–Kier alpha value is -6.65. The molecular formula is C42H31N7O2S. The standard InChI is InChI=1S/C42H31N7O2S/c1-2-12-29(13-3-1)41(34-16-8-25-50-34)38(33-19-22-46-47-33)37(32-20-26-51-48-32)39(40-44-23-24-45-40)49(36-18-7-21-43-36)42(41,35-17-9-27-52-35)31-15-6-11-28-10-4-5-14-30(28)31/h1-27,38,43H,(H,44,45)(H,46,47). The van der Waals surface area contributed by atoms with Gasteiger partial charge in [0.05, 0.1) is 23.3 Å². The zero-order chi connectivity index (χ0) is 34.5. The molecule has 9 aromatic rings. The van der Waals surface area contributed by atoms with Gasteiger partial charge >= 0.3 is 0 Å². The molecule has 7 heterocycles. The molecule has 0 fully saturated rings. The number of aromatic amines is 3. The summed E-state index contributed by atoms with van der Waals surface area (Å²) >= 11 is 1.71. The number of hydrogen-bond donors (Lipinski definition) is 3. The number of rotatable bonds is 8. The number of nitrogens with one attached hydrogen (secondary N) is 3. The number of aromatic nitrogens is 6. The molecule has 1 aliphatic rings. The molecule has 1 aliphatic heterocycles. The van der Waals surface area contributed by atoms with Crippen LogP contribution < -0.4 is 4.90 Å². The lowest BCUT2D eigenvalue weighted by atomic mass is 9.49. The van der Waals surface area contributed by atoms with Crippen LogP contribution in [0.15, 0.2) is 173 Å². The fraction of sp³-hybridized carbons (Fsp3) is 0.0714. The van der Waals surface area contributed by atoms with E-state index in [-0.39, 0.29) is 0 Å². The third-order valence-electron chi connectivity index (χ3n) is 10.4. The minimum absolute atomic E-state index is 0.513. The molecule has 0 radical (unpaired) electrons. The highest BCUT2D eigenvalue weighted by Crippen LogP contribution is 2.70. The first kappa shape index (κ1) is 30.2. The van der Waals surface area contributed by atoms with Gasteiger partial charge in [-0.25, -0.2) is 4.98 Å². The van der Waals surface area contributed by atoms with E-state index in [0.717, 1.165) is 55.3 Å². The molecule has 52 heavy (non-hydrogen) atoms. The van der Waals surface area contributed by atoms with Crippen LogP contribution in [0.5, 0.6) is 0 Å². The highest BCUT2D eigenvalue weighted by atomic mass is 32.1. The van der Waals surface area contributed by atoms with Gasteiger partial charge in [0.25, 0.3) is 0 Å². The van der Waals surface area contributed by atoms with Crippen molar-refractivity contribution >= 4 is 39.2 Å². The third-order valence-corrected chi connectivity index (χ3v) is 11.4. The number of hydrogen-bond acceptors (Lipinski definition) is 7. The first-order chi connectivity index (χ1) is 25.8. The Balaban J connectivity index is 1.56. The van der Waals surface area contributed by atoms with Gasteiger partial charge in [0.2, 0.25) is 0 Å². The zero-order valence-electron chi connectivity index (χ0n) is 27.7. The summed E-state index contributed by atoms with van der Waals surface area (Å²) < 4.78 is 12.5. The van der Waals surface area contributed by atoms with E-state index in [2.05, 4.69) is 139 Å². The van der Waals surface area contributed by atoms with E-state index in [9.17, 15) is 0 Å². The predicted octanol–water partition coefficient (Wildman–Crippen LogP) is 9.36. The number of fused-ring (bicyclic) bond motifs is 1. The van der Waals surface area contributed by atoms with Crippen LogP contribution in [-0.2, 0) is 11.0 Å². The summed E-state index contributed by atoms with van der Waals surface area (Å²) in [5.41, 5.74) is 3.17. The molecule has 0 spiro atoms. The molecule has 0 bridgehead atoms. The van der Waals surface area contributed by atoms with Gasteiger partial charge < -0.3 is 23.8 Å². The number of furan rings is 1. The van der Waals surface area contributed by atoms with Gasteiger partial charge in [-0.15, -0.1) is 11.3 Å². The van der Waals surface area contributed by atoms with Crippen LogP contribution in [0.3, 0.4) is 0 Å². The number of H-pyrrole nitrogens is 3. The van der Waals surface area contributed by atoms with E-state index in [1.165, 1.54) is 0 Å². The maximum absolute atomic E-state index is 6.85. The zero-order valence-corrected chi connectivity index (χ0v) is 28.5. The molecule has 10 rings (SSSR count). The number of anilines is 1. The number of nitrogens with zero attached hydrogens (tertiary/aromatic N) is 4. The van der Waals surface area contributed by atoms with Crippen molar-refractivity contribution in [1.29, 1.82) is 0 Å². The first-order valence-corrected chi connectivity index (χ1v) is 17.9. The van der Waals surface area contributed by atoms with Crippen molar-refractivity contribution in [2.75, 3.05) is 4.90 Å². The molecule has 3 atom stereocenters. The Morgan fingerprint density at radius 3 is 2.38 bits per heavy atom. The van der Waals surface area contributed by atoms with Crippen LogP contribution in [0.25, 0.3) is 22.0 Å². The summed E-state index contributed by atoms with van der Waals surface area (Å²) in [7, 11) is 0. The number of allylic oxidation sites excluding steroid dienone is 1. The molecule has 252 valence electrons. The molecule has 9 nitrogen and oxygen atoms in total. The van der Waals surface area contributed by atoms with Crippen LogP contribution in [-0.4, -0.2) is 30.3 Å². The van der Waals surface area contributed by atoms with Crippen molar-refractivity contribution in [1.82, 2.24) is 30.3 Å². The van der Waals surface area contributed by atoms with Gasteiger partial charge in [-0.3, -0.25) is 5.10 Å². The number of benzene rings is 3. The Morgan fingerprint density at radius 1 is 0.750 bits per heavy atom. The van der Waals surface area contributed by atoms with Gasteiger partial charge in [0, 0.05) is 47.0 Å². The van der Waals surface area contributed by atoms with Crippen LogP contribution >= 0.6 is 11.3 Å². The molecule has 6 aromatic heterocycles. The maximum atomic E-state index is 6.85. The maximum Gasteiger partial charge on any atom is 0.154 e. The molecule has 3 N–H and O–H groups in total. The van der Waals surface area contributed by atoms with Crippen molar-refractivity contribution < 1.29 is 8.94 Å². The molecule has 3 aromatic carbocycles. The monoisotopic (exact) mass is 697 g/mol. The second-order valence-electron chi connectivity index (χ2n) is 12.8. The van der Waals surface area contributed by atoms with E-state index in [1.807, 2.05) is 36.8 Å². The summed E-state index contributed by atoms with van der Waals surface area (Å²) in [6.45, 7) is 0. The van der Waals surface area contributed by atoms with Crippen molar-refractivity contribution in [3.8, 4) is 0 Å². The smallest absolute Gasteiger partial charge is 0.154 e. The number of imidazole rings is 1. The largest absolute Gasteiger partial charge is 0.468 e. The normalized spacial score (nSPS) is 20.5. The lowest BCUT2D eigenvalue weighted by molar-refractivity contribution is 0.234. The molecule has 10 heteroatoms. The topological polar surface area (TPSA) is 116 Å². The van der Waals surface area contributed by atoms with Crippen molar-refractivity contribution in [2.45, 2.75) is 16.9 Å². The van der Waals surface area contributed by atoms with E-state index in [4.69, 9.17) is 13.9 Å². The third kappa shape index (κ3) is 4.12. The second-order valence-corrected chi connectivity index (χ2v) is 13.7. The van der Waals surface area contributed by atoms with Gasteiger partial charge in [-0.1, -0.05) is 84.0 Å². The molecule has 3 unspecified atom stereocenters. The van der Waals surface area contributed by atoms with Gasteiger partial charge in [0.15, 0.2) is 5.82 Å². The molecular weight excluding hydrogens is 667 g/mol. The molecule has 0 amide bonds. The van der Waals surface area contributed by atoms with Crippen LogP contribution in [0, 0.1) is 0 Å². The molecule has 0 saturated heterocycles. The molecule has 0 saturated carbocycles. The summed E-state index contributed by atoms with van der Waals surface area (Å²) in [4.78, 5) is 15.6. The Labute approximate surface area is 302 Å². The lowest BCUT2D eigenvalue weighted by Gasteiger charge is -2.62. The van der Waals surface area contributed by atoms with Gasteiger partial charge in [-0.05, 0) is 63.7 Å². The van der Waals surface area contributed by atoms with E-state index in [0.29, 0.717) is 11.5 Å². The fourth-order valence-electron chi connectivity index (χ4n) is 8.69. The minimum atomic E-state index is -1.09. The van der Waals surface area contributed by atoms with Crippen molar-refractivity contribution in [2.24, 2.45) is 0 Å². The van der Waals surface area contributed by atoms with Crippen LogP contribution in [0.4, 0.5) is 5.82 Å². The van der Waals surface area contributed by atoms with Gasteiger partial charge in [-0.2, -0.15) is 5.10 Å². The Bertz CT molecular complexity index is 2570. The average Bonchev–Trinajstić information content (AvgIpc) is 4.05. The van der Waals surface area contributed by atoms with Crippen molar-refractivity contribution in [3.05, 3.63) is 203 Å². The summed E-state index contributed by atoms with van der Waals surface area (Å²) in [5, 5.41) is 17.1. The summed E-state index contributed by atoms with van der Waals surface area (Å²) in [6, 6.07) is 42.5. The van der Waals surface area contributed by atoms with Crippen LogP contribution in [0.1, 0.15) is 44.9 Å². The highest BCUT2D eigenvalue weighted by molar-refractivity contribution is 7.10. The highest BCUT2D eigenvalue weighted by Gasteiger charge is 2.70. The van der Waals surface area contributed by atoms with E-state index >= 15 is 0 Å². The average molecular weight is 698 g/mol. The minimum Gasteiger partial charge on any atom is -0.468 e. The quantitative estimate of drug-likeness (QED) is 0.146. The number of thiophene rings is 1. The predicted molar refractivity (Wildman–Crippen MR) is 201 cm³/mol. The second kappa shape index (κ2) is 12.0. The van der Waals surface area contributed by atoms with E-state index < -0.39 is 16.9 Å². The fourth-order valence-corrected chi connectivity index (χ4v) is 9.68.